The number of hydrogen-bond donors (Lipinski definition) is 2. The maximum atomic E-state index is 11.9. The number of aryl methyl sites for hydroxylation is 1. The fraction of sp³-hybridized carbons (Fsp3) is 0.600. The van der Waals surface area contributed by atoms with E-state index in [4.69, 9.17) is 0 Å². The summed E-state index contributed by atoms with van der Waals surface area (Å²) in [5.74, 6) is 0.0114. The molecule has 2 aromatic heterocycles. The van der Waals surface area contributed by atoms with Gasteiger partial charge in [0, 0.05) is 25.6 Å². The Morgan fingerprint density at radius 1 is 1.48 bits per heavy atom. The van der Waals surface area contributed by atoms with Gasteiger partial charge in [0.1, 0.15) is 0 Å². The molecule has 0 bridgehead atoms. The topological polar surface area (TPSA) is 95.9 Å². The highest BCUT2D eigenvalue weighted by molar-refractivity contribution is 5.76. The monoisotopic (exact) mass is 318 g/mol. The summed E-state index contributed by atoms with van der Waals surface area (Å²) in [6, 6.07) is 0.587. The molecule has 1 saturated heterocycles. The van der Waals surface area contributed by atoms with E-state index in [0.717, 1.165) is 13.0 Å². The Labute approximate surface area is 133 Å². The number of carbonyl (C=O) groups excluding carboxylic acids is 1. The van der Waals surface area contributed by atoms with Gasteiger partial charge in [0.25, 0.3) is 5.56 Å². The van der Waals surface area contributed by atoms with Crippen molar-refractivity contribution in [2.45, 2.75) is 38.3 Å². The first-order chi connectivity index (χ1) is 11.1. The minimum Gasteiger partial charge on any atom is -0.356 e. The Morgan fingerprint density at radius 3 is 3.13 bits per heavy atom. The lowest BCUT2D eigenvalue weighted by molar-refractivity contribution is -0.121. The molecule has 8 heteroatoms. The maximum Gasteiger partial charge on any atom is 0.278 e. The van der Waals surface area contributed by atoms with Crippen LogP contribution in [0.25, 0.3) is 11.2 Å². The van der Waals surface area contributed by atoms with Crippen molar-refractivity contribution in [2.75, 3.05) is 20.1 Å². The van der Waals surface area contributed by atoms with Crippen LogP contribution in [-0.4, -0.2) is 56.5 Å². The van der Waals surface area contributed by atoms with Crippen LogP contribution >= 0.6 is 0 Å². The van der Waals surface area contributed by atoms with Crippen LogP contribution in [0, 0.1) is 0 Å². The van der Waals surface area contributed by atoms with Gasteiger partial charge >= 0.3 is 0 Å². The average Bonchev–Trinajstić information content (AvgIpc) is 3.13. The van der Waals surface area contributed by atoms with Crippen LogP contribution in [0.4, 0.5) is 0 Å². The Hall–Kier alpha value is -2.22. The molecule has 23 heavy (non-hydrogen) atoms. The predicted molar refractivity (Wildman–Crippen MR) is 86.0 cm³/mol. The molecule has 1 aliphatic rings. The lowest BCUT2D eigenvalue weighted by atomic mass is 10.1. The third-order valence-electron chi connectivity index (χ3n) is 4.46. The van der Waals surface area contributed by atoms with Crippen molar-refractivity contribution in [3.63, 3.8) is 0 Å². The van der Waals surface area contributed by atoms with Gasteiger partial charge in [-0.15, -0.1) is 0 Å². The highest BCUT2D eigenvalue weighted by Crippen LogP contribution is 2.16. The SMILES string of the molecule is CN1CCCC1CCNC(=O)CCn1cnc2c(=O)[nH]cnc21. The normalized spacial score (nSPS) is 18.6. The van der Waals surface area contributed by atoms with Crippen molar-refractivity contribution in [1.82, 2.24) is 29.7 Å². The van der Waals surface area contributed by atoms with Gasteiger partial charge in [0.15, 0.2) is 11.2 Å². The van der Waals surface area contributed by atoms with E-state index in [9.17, 15) is 9.59 Å². The zero-order valence-electron chi connectivity index (χ0n) is 13.3. The van der Waals surface area contributed by atoms with E-state index in [1.54, 1.807) is 10.9 Å². The standard InChI is InChI=1S/C15H22N6O2/c1-20-7-2-3-11(20)4-6-16-12(22)5-8-21-10-19-13-14(21)17-9-18-15(13)23/h9-11H,2-8H2,1H3,(H,16,22)(H,17,18,23). The van der Waals surface area contributed by atoms with Gasteiger partial charge in [-0.25, -0.2) is 9.97 Å². The van der Waals surface area contributed by atoms with E-state index in [2.05, 4.69) is 32.2 Å². The Balaban J connectivity index is 1.47. The number of aromatic amines is 1. The molecule has 0 saturated carbocycles. The third-order valence-corrected chi connectivity index (χ3v) is 4.46. The molecule has 124 valence electrons. The molecule has 0 spiro atoms. The Morgan fingerprint density at radius 2 is 2.35 bits per heavy atom. The highest BCUT2D eigenvalue weighted by Gasteiger charge is 2.20. The molecule has 1 fully saturated rings. The van der Waals surface area contributed by atoms with Crippen molar-refractivity contribution in [1.29, 1.82) is 0 Å². The first kappa shape index (κ1) is 15.7. The lowest BCUT2D eigenvalue weighted by Crippen LogP contribution is -2.32. The fourth-order valence-corrected chi connectivity index (χ4v) is 3.09. The molecular formula is C15H22N6O2. The molecule has 0 aliphatic carbocycles. The molecule has 0 aromatic carbocycles. The van der Waals surface area contributed by atoms with Crippen LogP contribution in [0.1, 0.15) is 25.7 Å². The molecule has 8 nitrogen and oxygen atoms in total. The molecule has 0 radical (unpaired) electrons. The van der Waals surface area contributed by atoms with Crippen LogP contribution < -0.4 is 10.9 Å². The van der Waals surface area contributed by atoms with Gasteiger partial charge in [-0.2, -0.15) is 0 Å². The van der Waals surface area contributed by atoms with Crippen LogP contribution in [0.5, 0.6) is 0 Å². The predicted octanol–water partition coefficient (Wildman–Crippen LogP) is 0.110. The molecule has 1 atom stereocenters. The molecule has 2 N–H and O–H groups in total. The number of amides is 1. The number of rotatable bonds is 6. The van der Waals surface area contributed by atoms with Gasteiger partial charge in [-0.05, 0) is 32.9 Å². The largest absolute Gasteiger partial charge is 0.356 e. The number of imidazole rings is 1. The number of hydrogen-bond acceptors (Lipinski definition) is 5. The Bertz CT molecular complexity index is 737. The third kappa shape index (κ3) is 3.58. The Kier molecular flexibility index (Phi) is 4.71. The minimum atomic E-state index is -0.265. The number of H-pyrrole nitrogens is 1. The van der Waals surface area contributed by atoms with Gasteiger partial charge in [-0.3, -0.25) is 9.59 Å². The summed E-state index contributed by atoms with van der Waals surface area (Å²) in [4.78, 5) is 36.5. The summed E-state index contributed by atoms with van der Waals surface area (Å²) in [5, 5.41) is 2.96. The molecule has 3 rings (SSSR count). The van der Waals surface area contributed by atoms with Crippen molar-refractivity contribution >= 4 is 17.1 Å². The van der Waals surface area contributed by atoms with Crippen LogP contribution in [0.3, 0.4) is 0 Å². The zero-order chi connectivity index (χ0) is 16.2. The number of nitrogens with one attached hydrogen (secondary N) is 2. The summed E-state index contributed by atoms with van der Waals surface area (Å²) in [6.45, 7) is 2.32. The fourth-order valence-electron chi connectivity index (χ4n) is 3.09. The second-order valence-electron chi connectivity index (χ2n) is 6.01. The van der Waals surface area contributed by atoms with Crippen LogP contribution in [0.15, 0.2) is 17.4 Å². The van der Waals surface area contributed by atoms with Gasteiger partial charge in [0.05, 0.1) is 12.7 Å². The van der Waals surface area contributed by atoms with Crippen LogP contribution in [0.2, 0.25) is 0 Å². The number of nitrogens with zero attached hydrogens (tertiary/aromatic N) is 4. The first-order valence-electron chi connectivity index (χ1n) is 8.00. The first-order valence-corrected chi connectivity index (χ1v) is 8.00. The van der Waals surface area contributed by atoms with Crippen molar-refractivity contribution in [3.05, 3.63) is 23.0 Å². The molecular weight excluding hydrogens is 296 g/mol. The number of aromatic nitrogens is 4. The number of carbonyl (C=O) groups is 1. The van der Waals surface area contributed by atoms with Crippen molar-refractivity contribution in [3.8, 4) is 0 Å². The van der Waals surface area contributed by atoms with E-state index in [-0.39, 0.29) is 11.5 Å². The van der Waals surface area contributed by atoms with Gasteiger partial charge in [-0.1, -0.05) is 0 Å². The van der Waals surface area contributed by atoms with E-state index < -0.39 is 0 Å². The lowest BCUT2D eigenvalue weighted by Gasteiger charge is -2.19. The second kappa shape index (κ2) is 6.91. The zero-order valence-corrected chi connectivity index (χ0v) is 13.3. The minimum absolute atomic E-state index is 0.0114. The molecule has 1 unspecified atom stereocenters. The number of fused-ring (bicyclic) bond motifs is 1. The van der Waals surface area contributed by atoms with E-state index in [1.807, 2.05) is 0 Å². The summed E-state index contributed by atoms with van der Waals surface area (Å²) in [5.41, 5.74) is 0.546. The second-order valence-corrected chi connectivity index (χ2v) is 6.01. The molecule has 2 aromatic rings. The summed E-state index contributed by atoms with van der Waals surface area (Å²) >= 11 is 0. The summed E-state index contributed by atoms with van der Waals surface area (Å²) in [7, 11) is 2.14. The quantitative estimate of drug-likeness (QED) is 0.788. The smallest absolute Gasteiger partial charge is 0.278 e. The number of likely N-dealkylation sites (tertiary alicyclic amines) is 1. The van der Waals surface area contributed by atoms with Crippen molar-refractivity contribution in [2.24, 2.45) is 0 Å². The molecule has 3 heterocycles. The summed E-state index contributed by atoms with van der Waals surface area (Å²) in [6.07, 6.45) is 6.70. The van der Waals surface area contributed by atoms with E-state index >= 15 is 0 Å². The van der Waals surface area contributed by atoms with Crippen molar-refractivity contribution < 1.29 is 4.79 Å². The average molecular weight is 318 g/mol. The van der Waals surface area contributed by atoms with Gasteiger partial charge in [0.2, 0.25) is 5.91 Å². The summed E-state index contributed by atoms with van der Waals surface area (Å²) < 4.78 is 1.73. The molecule has 1 amide bonds. The van der Waals surface area contributed by atoms with Crippen LogP contribution in [-0.2, 0) is 11.3 Å². The van der Waals surface area contributed by atoms with E-state index in [1.165, 1.54) is 19.2 Å². The van der Waals surface area contributed by atoms with Gasteiger partial charge < -0.3 is 19.8 Å². The molecule has 1 aliphatic heterocycles. The van der Waals surface area contributed by atoms with E-state index in [0.29, 0.717) is 36.7 Å². The maximum absolute atomic E-state index is 11.9. The highest BCUT2D eigenvalue weighted by atomic mass is 16.1.